The van der Waals surface area contributed by atoms with Gasteiger partial charge in [-0.3, -0.25) is 4.79 Å². The largest absolute Gasteiger partial charge is 0.466 e. The molecule has 1 aromatic heterocycles. The normalized spacial score (nSPS) is 11.9. The first-order valence-electron chi connectivity index (χ1n) is 5.69. The molecule has 0 spiro atoms. The van der Waals surface area contributed by atoms with Gasteiger partial charge >= 0.3 is 5.97 Å². The molecule has 0 amide bonds. The van der Waals surface area contributed by atoms with Gasteiger partial charge in [0.2, 0.25) is 0 Å². The Morgan fingerprint density at radius 3 is 2.94 bits per heavy atom. The van der Waals surface area contributed by atoms with Crippen molar-refractivity contribution in [3.05, 3.63) is 36.0 Å². The van der Waals surface area contributed by atoms with Gasteiger partial charge in [-0.1, -0.05) is 12.1 Å². The number of rotatable bonds is 4. The van der Waals surface area contributed by atoms with Crippen LogP contribution >= 0.6 is 12.4 Å². The van der Waals surface area contributed by atoms with Crippen LogP contribution in [0.3, 0.4) is 0 Å². The molecule has 0 aliphatic rings. The van der Waals surface area contributed by atoms with Crippen molar-refractivity contribution in [3.63, 3.8) is 0 Å². The molecule has 98 valence electrons. The van der Waals surface area contributed by atoms with E-state index in [0.717, 1.165) is 16.5 Å². The molecule has 2 aromatic rings. The molecule has 2 rings (SSSR count). The Morgan fingerprint density at radius 2 is 2.22 bits per heavy atom. The number of halogens is 1. The van der Waals surface area contributed by atoms with Gasteiger partial charge in [0.25, 0.3) is 0 Å². The van der Waals surface area contributed by atoms with E-state index >= 15 is 0 Å². The smallest absolute Gasteiger partial charge is 0.307 e. The first-order chi connectivity index (χ1) is 8.22. The van der Waals surface area contributed by atoms with Crippen LogP contribution in [0.5, 0.6) is 0 Å². The molecule has 0 fully saturated rings. The summed E-state index contributed by atoms with van der Waals surface area (Å²) in [6.45, 7) is 2.18. The number of fused-ring (bicyclic) bond motifs is 1. The number of aromatic nitrogens is 1. The highest BCUT2D eigenvalue weighted by Crippen LogP contribution is 2.24. The lowest BCUT2D eigenvalue weighted by Gasteiger charge is -2.12. The minimum atomic E-state index is -0.325. The van der Waals surface area contributed by atoms with E-state index in [1.54, 1.807) is 6.92 Å². The minimum absolute atomic E-state index is 0. The number of H-pyrrole nitrogens is 1. The number of nitrogens with two attached hydrogens (primary N) is 1. The van der Waals surface area contributed by atoms with Gasteiger partial charge in [-0.25, -0.2) is 0 Å². The van der Waals surface area contributed by atoms with Crippen molar-refractivity contribution in [2.24, 2.45) is 5.73 Å². The number of ether oxygens (including phenoxy) is 1. The molecular formula is C13H17ClN2O2. The highest BCUT2D eigenvalue weighted by Gasteiger charge is 2.14. The van der Waals surface area contributed by atoms with Gasteiger partial charge in [-0.15, -0.1) is 12.4 Å². The average molecular weight is 269 g/mol. The third-order valence-electron chi connectivity index (χ3n) is 2.72. The predicted molar refractivity (Wildman–Crippen MR) is 73.7 cm³/mol. The number of esters is 1. The van der Waals surface area contributed by atoms with Crippen LogP contribution in [0.25, 0.3) is 10.9 Å². The van der Waals surface area contributed by atoms with Crippen molar-refractivity contribution in [1.82, 2.24) is 4.98 Å². The Hall–Kier alpha value is -1.52. The van der Waals surface area contributed by atoms with E-state index < -0.39 is 0 Å². The summed E-state index contributed by atoms with van der Waals surface area (Å²) < 4.78 is 4.90. The SMILES string of the molecule is CCOC(=O)C[C@@H](N)c1cccc2[nH]ccc12.Cl. The molecule has 0 saturated heterocycles. The highest BCUT2D eigenvalue weighted by molar-refractivity contribution is 5.85. The van der Waals surface area contributed by atoms with Gasteiger partial charge in [0.05, 0.1) is 13.0 Å². The Balaban J connectivity index is 0.00000162. The second kappa shape index (κ2) is 6.42. The lowest BCUT2D eigenvalue weighted by Crippen LogP contribution is -2.17. The first-order valence-corrected chi connectivity index (χ1v) is 5.69. The molecular weight excluding hydrogens is 252 g/mol. The number of aromatic amines is 1. The quantitative estimate of drug-likeness (QED) is 0.838. The molecule has 0 radical (unpaired) electrons. The summed E-state index contributed by atoms with van der Waals surface area (Å²) in [6.07, 6.45) is 2.07. The van der Waals surface area contributed by atoms with E-state index in [1.165, 1.54) is 0 Å². The standard InChI is InChI=1S/C13H16N2O2.ClH/c1-2-17-13(16)8-11(14)9-4-3-5-12-10(9)6-7-15-12;/h3-7,11,15H,2,8,14H2,1H3;1H/t11-;/m1./s1. The molecule has 0 aliphatic carbocycles. The summed E-state index contributed by atoms with van der Waals surface area (Å²) in [5.74, 6) is -0.257. The van der Waals surface area contributed by atoms with Crippen LogP contribution in [0.4, 0.5) is 0 Å². The molecule has 5 heteroatoms. The van der Waals surface area contributed by atoms with Crippen LogP contribution in [0.1, 0.15) is 24.9 Å². The monoisotopic (exact) mass is 268 g/mol. The van der Waals surface area contributed by atoms with Crippen LogP contribution in [0.15, 0.2) is 30.5 Å². The van der Waals surface area contributed by atoms with Gasteiger partial charge < -0.3 is 15.5 Å². The van der Waals surface area contributed by atoms with Crippen molar-refractivity contribution in [3.8, 4) is 0 Å². The second-order valence-electron chi connectivity index (χ2n) is 3.90. The van der Waals surface area contributed by atoms with Crippen molar-refractivity contribution in [2.45, 2.75) is 19.4 Å². The molecule has 18 heavy (non-hydrogen) atoms. The van der Waals surface area contributed by atoms with E-state index in [9.17, 15) is 4.79 Å². The lowest BCUT2D eigenvalue weighted by atomic mass is 10.0. The minimum Gasteiger partial charge on any atom is -0.466 e. The maximum atomic E-state index is 11.4. The fourth-order valence-corrected chi connectivity index (χ4v) is 1.94. The summed E-state index contributed by atoms with van der Waals surface area (Å²) in [6, 6.07) is 7.50. The summed E-state index contributed by atoms with van der Waals surface area (Å²) >= 11 is 0. The summed E-state index contributed by atoms with van der Waals surface area (Å²) in [5.41, 5.74) is 8.04. The number of carbonyl (C=O) groups excluding carboxylic acids is 1. The van der Waals surface area contributed by atoms with Gasteiger partial charge in [0.1, 0.15) is 0 Å². The van der Waals surface area contributed by atoms with E-state index in [1.807, 2.05) is 30.5 Å². The predicted octanol–water partition coefficient (Wildman–Crippen LogP) is 2.54. The Labute approximate surface area is 112 Å². The van der Waals surface area contributed by atoms with Crippen LogP contribution in [0, 0.1) is 0 Å². The van der Waals surface area contributed by atoms with E-state index in [0.29, 0.717) is 6.61 Å². The van der Waals surface area contributed by atoms with Crippen LogP contribution < -0.4 is 5.73 Å². The third kappa shape index (κ3) is 3.03. The average Bonchev–Trinajstić information content (AvgIpc) is 2.76. The van der Waals surface area contributed by atoms with Gasteiger partial charge in [-0.2, -0.15) is 0 Å². The second-order valence-corrected chi connectivity index (χ2v) is 3.90. The van der Waals surface area contributed by atoms with Crippen molar-refractivity contribution < 1.29 is 9.53 Å². The van der Waals surface area contributed by atoms with Crippen LogP contribution in [-0.4, -0.2) is 17.6 Å². The maximum Gasteiger partial charge on any atom is 0.307 e. The van der Waals surface area contributed by atoms with Gasteiger partial charge in [0, 0.05) is 23.1 Å². The number of hydrogen-bond acceptors (Lipinski definition) is 3. The molecule has 1 aromatic carbocycles. The number of hydrogen-bond donors (Lipinski definition) is 2. The third-order valence-corrected chi connectivity index (χ3v) is 2.72. The van der Waals surface area contributed by atoms with Crippen LogP contribution in [-0.2, 0) is 9.53 Å². The number of carbonyl (C=O) groups is 1. The zero-order valence-corrected chi connectivity index (χ0v) is 11.0. The molecule has 3 N–H and O–H groups in total. The highest BCUT2D eigenvalue weighted by atomic mass is 35.5. The van der Waals surface area contributed by atoms with E-state index in [2.05, 4.69) is 4.98 Å². The molecule has 0 aliphatic heterocycles. The Kier molecular flexibility index (Phi) is 5.19. The van der Waals surface area contributed by atoms with E-state index in [-0.39, 0.29) is 30.8 Å². The molecule has 4 nitrogen and oxygen atoms in total. The Bertz CT molecular complexity index is 524. The zero-order chi connectivity index (χ0) is 12.3. The molecule has 1 heterocycles. The number of benzene rings is 1. The fourth-order valence-electron chi connectivity index (χ4n) is 1.94. The lowest BCUT2D eigenvalue weighted by molar-refractivity contribution is -0.143. The first kappa shape index (κ1) is 14.5. The van der Waals surface area contributed by atoms with E-state index in [4.69, 9.17) is 10.5 Å². The van der Waals surface area contributed by atoms with Gasteiger partial charge in [-0.05, 0) is 24.6 Å². The fraction of sp³-hybridized carbons (Fsp3) is 0.308. The summed E-state index contributed by atoms with van der Waals surface area (Å²) in [5, 5.41) is 1.06. The topological polar surface area (TPSA) is 68.1 Å². The molecule has 0 saturated carbocycles. The van der Waals surface area contributed by atoms with Crippen molar-refractivity contribution in [1.29, 1.82) is 0 Å². The summed E-state index contributed by atoms with van der Waals surface area (Å²) in [7, 11) is 0. The maximum absolute atomic E-state index is 11.4. The Morgan fingerprint density at radius 1 is 1.44 bits per heavy atom. The summed E-state index contributed by atoms with van der Waals surface area (Å²) in [4.78, 5) is 14.5. The number of nitrogens with one attached hydrogen (secondary N) is 1. The molecule has 0 bridgehead atoms. The van der Waals surface area contributed by atoms with Crippen molar-refractivity contribution >= 4 is 29.3 Å². The van der Waals surface area contributed by atoms with Gasteiger partial charge in [0.15, 0.2) is 0 Å². The molecule has 0 unspecified atom stereocenters. The molecule has 1 atom stereocenters. The van der Waals surface area contributed by atoms with Crippen LogP contribution in [0.2, 0.25) is 0 Å². The zero-order valence-electron chi connectivity index (χ0n) is 10.2. The van der Waals surface area contributed by atoms with Crippen molar-refractivity contribution in [2.75, 3.05) is 6.61 Å².